The molecule has 66 valence electrons. The van der Waals surface area contributed by atoms with Crippen LogP contribution < -0.4 is 0 Å². The lowest BCUT2D eigenvalue weighted by Crippen LogP contribution is -2.05. The largest absolute Gasteiger partial charge is 0.246 e. The van der Waals surface area contributed by atoms with Crippen LogP contribution in [0.2, 0.25) is 0 Å². The first-order chi connectivity index (χ1) is 5.72. The third-order valence-corrected chi connectivity index (χ3v) is 2.45. The van der Waals surface area contributed by atoms with E-state index in [-0.39, 0.29) is 0 Å². The molecule has 1 atom stereocenters. The molecule has 0 bridgehead atoms. The van der Waals surface area contributed by atoms with E-state index in [1.165, 1.54) is 5.56 Å². The molecule has 0 heterocycles. The minimum atomic E-state index is -0.771. The first-order valence-corrected chi connectivity index (χ1v) is 5.10. The van der Waals surface area contributed by atoms with Gasteiger partial charge in [-0.05, 0) is 12.5 Å². The van der Waals surface area contributed by atoms with Crippen molar-refractivity contribution in [3.63, 3.8) is 0 Å². The van der Waals surface area contributed by atoms with Crippen LogP contribution in [0, 0.1) is 6.92 Å². The van der Waals surface area contributed by atoms with Gasteiger partial charge in [0.1, 0.15) is 6.17 Å². The van der Waals surface area contributed by atoms with Gasteiger partial charge in [0.15, 0.2) is 0 Å². The Morgan fingerprint density at radius 2 is 1.92 bits per heavy atom. The van der Waals surface area contributed by atoms with Crippen LogP contribution in [0.5, 0.6) is 0 Å². The molecule has 0 aliphatic rings. The van der Waals surface area contributed by atoms with E-state index in [0.717, 1.165) is 5.56 Å². The molecular weight excluding hydrogens is 219 g/mol. The number of alkyl halides is 2. The average molecular weight is 231 g/mol. The fraction of sp³-hybridized carbons (Fsp3) is 0.400. The third kappa shape index (κ3) is 2.94. The van der Waals surface area contributed by atoms with Gasteiger partial charge in [0.2, 0.25) is 0 Å². The topological polar surface area (TPSA) is 0 Å². The van der Waals surface area contributed by atoms with Crippen molar-refractivity contribution in [1.29, 1.82) is 0 Å². The van der Waals surface area contributed by atoms with E-state index in [9.17, 15) is 4.39 Å². The molecule has 0 amide bonds. The van der Waals surface area contributed by atoms with E-state index in [1.54, 1.807) is 0 Å². The zero-order valence-electron chi connectivity index (χ0n) is 7.06. The second kappa shape index (κ2) is 4.61. The van der Waals surface area contributed by atoms with E-state index in [1.807, 2.05) is 31.2 Å². The van der Waals surface area contributed by atoms with E-state index >= 15 is 0 Å². The Morgan fingerprint density at radius 3 is 2.42 bits per heavy atom. The molecule has 0 aromatic heterocycles. The predicted octanol–water partition coefficient (Wildman–Crippen LogP) is 3.27. The molecule has 0 nitrogen and oxygen atoms in total. The molecule has 1 aromatic carbocycles. The highest BCUT2D eigenvalue weighted by molar-refractivity contribution is 9.09. The van der Waals surface area contributed by atoms with Crippen LogP contribution in [0.25, 0.3) is 0 Å². The van der Waals surface area contributed by atoms with Crippen LogP contribution in [-0.2, 0) is 6.42 Å². The maximum atomic E-state index is 12.9. The Bertz CT molecular complexity index is 230. The van der Waals surface area contributed by atoms with Crippen molar-refractivity contribution in [2.75, 3.05) is 5.33 Å². The molecular formula is C10H12BrF. The molecule has 1 unspecified atom stereocenters. The lowest BCUT2D eigenvalue weighted by atomic mass is 10.1. The normalized spacial score (nSPS) is 12.9. The van der Waals surface area contributed by atoms with Crippen molar-refractivity contribution in [2.24, 2.45) is 0 Å². The number of aryl methyl sites for hydroxylation is 1. The summed E-state index contributed by atoms with van der Waals surface area (Å²) >= 11 is 3.11. The third-order valence-electron chi connectivity index (χ3n) is 1.75. The van der Waals surface area contributed by atoms with Crippen molar-refractivity contribution in [3.05, 3.63) is 35.4 Å². The molecule has 2 heteroatoms. The molecule has 0 saturated heterocycles. The monoisotopic (exact) mass is 230 g/mol. The fourth-order valence-electron chi connectivity index (χ4n) is 1.03. The highest BCUT2D eigenvalue weighted by atomic mass is 79.9. The van der Waals surface area contributed by atoms with Gasteiger partial charge in [0.05, 0.1) is 0 Å². The van der Waals surface area contributed by atoms with Crippen molar-refractivity contribution < 1.29 is 4.39 Å². The van der Waals surface area contributed by atoms with Gasteiger partial charge in [-0.15, -0.1) is 0 Å². The SMILES string of the molecule is Cc1ccc(CC(F)CBr)cc1. The fourth-order valence-corrected chi connectivity index (χ4v) is 1.26. The van der Waals surface area contributed by atoms with Gasteiger partial charge in [-0.2, -0.15) is 0 Å². The van der Waals surface area contributed by atoms with Crippen LogP contribution in [0.1, 0.15) is 11.1 Å². The summed E-state index contributed by atoms with van der Waals surface area (Å²) in [5, 5.41) is 0.418. The number of halogens is 2. The van der Waals surface area contributed by atoms with Crippen LogP contribution >= 0.6 is 15.9 Å². The van der Waals surface area contributed by atoms with Gasteiger partial charge in [-0.25, -0.2) is 4.39 Å². The number of hydrogen-bond donors (Lipinski definition) is 0. The Hall–Kier alpha value is -0.370. The summed E-state index contributed by atoms with van der Waals surface area (Å²) in [5.74, 6) is 0. The van der Waals surface area contributed by atoms with Crippen molar-refractivity contribution >= 4 is 15.9 Å². The van der Waals surface area contributed by atoms with Gasteiger partial charge in [0.25, 0.3) is 0 Å². The summed E-state index contributed by atoms with van der Waals surface area (Å²) in [5.41, 5.74) is 2.28. The summed E-state index contributed by atoms with van der Waals surface area (Å²) < 4.78 is 12.9. The maximum Gasteiger partial charge on any atom is 0.114 e. The second-order valence-corrected chi connectivity index (χ2v) is 3.59. The number of rotatable bonds is 3. The lowest BCUT2D eigenvalue weighted by Gasteiger charge is -2.04. The Labute approximate surface area is 80.9 Å². The smallest absolute Gasteiger partial charge is 0.114 e. The summed E-state index contributed by atoms with van der Waals surface area (Å²) in [6.45, 7) is 2.03. The summed E-state index contributed by atoms with van der Waals surface area (Å²) in [4.78, 5) is 0. The predicted molar refractivity (Wildman–Crippen MR) is 53.6 cm³/mol. The molecule has 0 fully saturated rings. The zero-order chi connectivity index (χ0) is 8.97. The minimum absolute atomic E-state index is 0.418. The quantitative estimate of drug-likeness (QED) is 0.700. The second-order valence-electron chi connectivity index (χ2n) is 2.94. The molecule has 0 spiro atoms. The van der Waals surface area contributed by atoms with Gasteiger partial charge < -0.3 is 0 Å². The summed E-state index contributed by atoms with van der Waals surface area (Å²) in [7, 11) is 0. The molecule has 0 saturated carbocycles. The van der Waals surface area contributed by atoms with Crippen LogP contribution in [-0.4, -0.2) is 11.5 Å². The molecule has 1 rings (SSSR count). The van der Waals surface area contributed by atoms with Gasteiger partial charge >= 0.3 is 0 Å². The summed E-state index contributed by atoms with van der Waals surface area (Å²) in [6.07, 6.45) is -0.265. The van der Waals surface area contributed by atoms with E-state index in [0.29, 0.717) is 11.8 Å². The molecule has 0 radical (unpaired) electrons. The van der Waals surface area contributed by atoms with Crippen LogP contribution in [0.3, 0.4) is 0 Å². The Morgan fingerprint density at radius 1 is 1.33 bits per heavy atom. The lowest BCUT2D eigenvalue weighted by molar-refractivity contribution is 0.368. The van der Waals surface area contributed by atoms with Crippen LogP contribution in [0.4, 0.5) is 4.39 Å². The molecule has 0 aliphatic heterocycles. The first kappa shape index (κ1) is 9.72. The Balaban J connectivity index is 2.58. The number of hydrogen-bond acceptors (Lipinski definition) is 0. The van der Waals surface area contributed by atoms with E-state index in [2.05, 4.69) is 15.9 Å². The molecule has 0 N–H and O–H groups in total. The van der Waals surface area contributed by atoms with Crippen molar-refractivity contribution in [1.82, 2.24) is 0 Å². The van der Waals surface area contributed by atoms with E-state index < -0.39 is 6.17 Å². The van der Waals surface area contributed by atoms with Crippen LogP contribution in [0.15, 0.2) is 24.3 Å². The van der Waals surface area contributed by atoms with Crippen molar-refractivity contribution in [3.8, 4) is 0 Å². The van der Waals surface area contributed by atoms with Crippen molar-refractivity contribution in [2.45, 2.75) is 19.5 Å². The number of benzene rings is 1. The standard InChI is InChI=1S/C10H12BrF/c1-8-2-4-9(5-3-8)6-10(12)7-11/h2-5,10H,6-7H2,1H3. The average Bonchev–Trinajstić information content (AvgIpc) is 2.09. The molecule has 12 heavy (non-hydrogen) atoms. The van der Waals surface area contributed by atoms with Gasteiger partial charge in [-0.1, -0.05) is 45.8 Å². The maximum absolute atomic E-state index is 12.9. The first-order valence-electron chi connectivity index (χ1n) is 3.98. The zero-order valence-corrected chi connectivity index (χ0v) is 8.64. The van der Waals surface area contributed by atoms with E-state index in [4.69, 9.17) is 0 Å². The van der Waals surface area contributed by atoms with Gasteiger partial charge in [-0.3, -0.25) is 0 Å². The highest BCUT2D eigenvalue weighted by Crippen LogP contribution is 2.09. The Kier molecular flexibility index (Phi) is 3.73. The molecule has 0 aliphatic carbocycles. The van der Waals surface area contributed by atoms with Gasteiger partial charge in [0, 0.05) is 11.8 Å². The highest BCUT2D eigenvalue weighted by Gasteiger charge is 2.04. The minimum Gasteiger partial charge on any atom is -0.246 e. The molecule has 1 aromatic rings. The summed E-state index contributed by atoms with van der Waals surface area (Å²) in [6, 6.07) is 7.97.